The molecule has 0 amide bonds. The van der Waals surface area contributed by atoms with Crippen LogP contribution in [-0.4, -0.2) is 35.1 Å². The summed E-state index contributed by atoms with van der Waals surface area (Å²) in [5.41, 5.74) is 4.13. The van der Waals surface area contributed by atoms with Crippen LogP contribution >= 0.6 is 0 Å². The van der Waals surface area contributed by atoms with Gasteiger partial charge in [-0.25, -0.2) is 4.98 Å². The number of fused-ring (bicyclic) bond motifs is 3. The van der Waals surface area contributed by atoms with E-state index in [2.05, 4.69) is 25.5 Å². The minimum atomic E-state index is 0.00295. The van der Waals surface area contributed by atoms with Crippen molar-refractivity contribution in [1.82, 2.24) is 30.0 Å². The molecule has 0 radical (unpaired) electrons. The summed E-state index contributed by atoms with van der Waals surface area (Å²) < 4.78 is 1.69. The van der Waals surface area contributed by atoms with E-state index in [9.17, 15) is 5.11 Å². The molecule has 7 nitrogen and oxygen atoms in total. The molecule has 0 spiro atoms. The molecule has 0 unspecified atom stereocenters. The van der Waals surface area contributed by atoms with E-state index in [4.69, 9.17) is 0 Å². The number of aliphatic hydroxyl groups is 1. The van der Waals surface area contributed by atoms with Gasteiger partial charge in [-0.3, -0.25) is 0 Å². The zero-order valence-electron chi connectivity index (χ0n) is 10.4. The number of hydrogen-bond acceptors (Lipinski definition) is 5. The maximum absolute atomic E-state index is 9.26. The maximum atomic E-state index is 9.26. The van der Waals surface area contributed by atoms with Gasteiger partial charge in [0.05, 0.1) is 30.3 Å². The fourth-order valence-electron chi connectivity index (χ4n) is 2.35. The van der Waals surface area contributed by atoms with Gasteiger partial charge in [0.25, 0.3) is 0 Å². The molecule has 98 valence electrons. The maximum Gasteiger partial charge on any atom is 0.189 e. The second-order valence-electron chi connectivity index (χ2n) is 4.49. The van der Waals surface area contributed by atoms with Crippen LogP contribution in [0.1, 0.15) is 5.56 Å². The number of aliphatic hydroxyl groups excluding tert-OH is 1. The normalized spacial score (nSPS) is 11.4. The molecular weight excluding hydrogens is 256 g/mol. The van der Waals surface area contributed by atoms with Crippen molar-refractivity contribution >= 4 is 16.6 Å². The van der Waals surface area contributed by atoms with Crippen molar-refractivity contribution in [3.8, 4) is 11.3 Å². The number of nitrogens with zero attached hydrogens (tertiary/aromatic N) is 5. The Bertz CT molecular complexity index is 896. The first-order valence-corrected chi connectivity index (χ1v) is 6.10. The number of aromatic amines is 1. The second-order valence-corrected chi connectivity index (χ2v) is 4.49. The van der Waals surface area contributed by atoms with Crippen LogP contribution in [0.3, 0.4) is 0 Å². The Morgan fingerprint density at radius 1 is 1.25 bits per heavy atom. The van der Waals surface area contributed by atoms with E-state index in [1.165, 1.54) is 0 Å². The average Bonchev–Trinajstić information content (AvgIpc) is 3.17. The smallest absolute Gasteiger partial charge is 0.189 e. The van der Waals surface area contributed by atoms with Crippen molar-refractivity contribution < 1.29 is 5.11 Å². The molecule has 0 aliphatic heterocycles. The van der Waals surface area contributed by atoms with Crippen molar-refractivity contribution in [2.24, 2.45) is 0 Å². The van der Waals surface area contributed by atoms with E-state index < -0.39 is 0 Å². The molecule has 2 N–H and O–H groups in total. The summed E-state index contributed by atoms with van der Waals surface area (Å²) in [5.74, 6) is 0. The zero-order valence-corrected chi connectivity index (χ0v) is 10.4. The van der Waals surface area contributed by atoms with Gasteiger partial charge in [0, 0.05) is 10.9 Å². The number of benzene rings is 1. The third kappa shape index (κ3) is 1.50. The van der Waals surface area contributed by atoms with Gasteiger partial charge in [0.2, 0.25) is 0 Å². The molecular formula is C13H10N6O. The summed E-state index contributed by atoms with van der Waals surface area (Å²) in [7, 11) is 0. The molecule has 0 aliphatic carbocycles. The Morgan fingerprint density at radius 2 is 2.20 bits per heavy atom. The average molecular weight is 266 g/mol. The van der Waals surface area contributed by atoms with E-state index >= 15 is 0 Å². The number of tetrazole rings is 1. The predicted octanol–water partition coefficient (Wildman–Crippen LogP) is 1.16. The minimum absolute atomic E-state index is 0.00295. The van der Waals surface area contributed by atoms with Crippen molar-refractivity contribution in [2.45, 2.75) is 6.61 Å². The number of aromatic nitrogens is 6. The summed E-state index contributed by atoms with van der Waals surface area (Å²) >= 11 is 0. The third-order valence-electron chi connectivity index (χ3n) is 3.30. The monoisotopic (exact) mass is 266 g/mol. The first-order chi connectivity index (χ1) is 9.86. The quantitative estimate of drug-likeness (QED) is 0.568. The molecule has 0 fully saturated rings. The van der Waals surface area contributed by atoms with Crippen LogP contribution in [0.5, 0.6) is 0 Å². The fourth-order valence-corrected chi connectivity index (χ4v) is 2.35. The molecule has 0 atom stereocenters. The van der Waals surface area contributed by atoms with Gasteiger partial charge in [-0.15, -0.1) is 5.10 Å². The Kier molecular flexibility index (Phi) is 2.27. The van der Waals surface area contributed by atoms with Crippen molar-refractivity contribution in [2.75, 3.05) is 0 Å². The van der Waals surface area contributed by atoms with E-state index in [0.717, 1.165) is 27.7 Å². The molecule has 7 heteroatoms. The molecule has 3 heterocycles. The summed E-state index contributed by atoms with van der Waals surface area (Å²) in [6.07, 6.45) is 3.34. The van der Waals surface area contributed by atoms with Gasteiger partial charge >= 0.3 is 0 Å². The van der Waals surface area contributed by atoms with Crippen molar-refractivity contribution in [3.63, 3.8) is 0 Å². The largest absolute Gasteiger partial charge is 0.392 e. The highest BCUT2D eigenvalue weighted by Crippen LogP contribution is 2.26. The minimum Gasteiger partial charge on any atom is -0.392 e. The highest BCUT2D eigenvalue weighted by atomic mass is 16.3. The molecule has 0 saturated carbocycles. The van der Waals surface area contributed by atoms with Gasteiger partial charge < -0.3 is 10.1 Å². The van der Waals surface area contributed by atoms with Crippen LogP contribution in [-0.2, 0) is 6.61 Å². The number of nitrogens with one attached hydrogen (secondary N) is 1. The lowest BCUT2D eigenvalue weighted by molar-refractivity contribution is 0.282. The molecule has 0 aliphatic rings. The van der Waals surface area contributed by atoms with Gasteiger partial charge in [-0.2, -0.15) is 4.52 Å². The Labute approximate surface area is 112 Å². The molecule has 4 aromatic rings. The van der Waals surface area contributed by atoms with Gasteiger partial charge in [0.15, 0.2) is 5.65 Å². The lowest BCUT2D eigenvalue weighted by Crippen LogP contribution is -1.95. The molecule has 0 saturated heterocycles. The topological polar surface area (TPSA) is 92.0 Å². The summed E-state index contributed by atoms with van der Waals surface area (Å²) in [6, 6.07) is 7.68. The Hall–Kier alpha value is -2.80. The molecule has 0 bridgehead atoms. The summed E-state index contributed by atoms with van der Waals surface area (Å²) in [5, 5.41) is 22.1. The number of rotatable bonds is 2. The highest BCUT2D eigenvalue weighted by Gasteiger charge is 2.12. The van der Waals surface area contributed by atoms with Gasteiger partial charge in [-0.05, 0) is 34.2 Å². The lowest BCUT2D eigenvalue weighted by Gasteiger charge is -2.06. The molecule has 1 aromatic carbocycles. The fraction of sp³-hybridized carbons (Fsp3) is 0.0769. The summed E-state index contributed by atoms with van der Waals surface area (Å²) in [6.45, 7) is 0.00295. The number of hydrogen-bond donors (Lipinski definition) is 2. The number of pyridine rings is 1. The Morgan fingerprint density at radius 3 is 3.00 bits per heavy atom. The Balaban J connectivity index is 2.13. The van der Waals surface area contributed by atoms with Crippen molar-refractivity contribution in [1.29, 1.82) is 0 Å². The van der Waals surface area contributed by atoms with Crippen LogP contribution in [0.25, 0.3) is 27.8 Å². The van der Waals surface area contributed by atoms with Gasteiger partial charge in [0.1, 0.15) is 0 Å². The first kappa shape index (κ1) is 11.1. The number of H-pyrrole nitrogens is 1. The lowest BCUT2D eigenvalue weighted by atomic mass is 10.1. The zero-order chi connectivity index (χ0) is 13.5. The molecule has 20 heavy (non-hydrogen) atoms. The summed E-state index contributed by atoms with van der Waals surface area (Å²) in [4.78, 5) is 7.09. The van der Waals surface area contributed by atoms with E-state index in [-0.39, 0.29) is 6.61 Å². The SMILES string of the molecule is OCc1ccc2c(c1)cc(-c1cnc[nH]1)c1nnnn12. The second kappa shape index (κ2) is 4.10. The van der Waals surface area contributed by atoms with Crippen molar-refractivity contribution in [3.05, 3.63) is 42.4 Å². The van der Waals surface area contributed by atoms with Crippen LogP contribution in [0.4, 0.5) is 0 Å². The first-order valence-electron chi connectivity index (χ1n) is 6.10. The van der Waals surface area contributed by atoms with Gasteiger partial charge in [-0.1, -0.05) is 6.07 Å². The van der Waals surface area contributed by atoms with E-state index in [1.807, 2.05) is 24.3 Å². The number of imidazole rings is 1. The van der Waals surface area contributed by atoms with E-state index in [1.54, 1.807) is 17.0 Å². The molecule has 4 rings (SSSR count). The third-order valence-corrected chi connectivity index (χ3v) is 3.30. The highest BCUT2D eigenvalue weighted by molar-refractivity contribution is 5.90. The predicted molar refractivity (Wildman–Crippen MR) is 71.8 cm³/mol. The van der Waals surface area contributed by atoms with E-state index in [0.29, 0.717) is 5.65 Å². The van der Waals surface area contributed by atoms with Crippen LogP contribution < -0.4 is 0 Å². The van der Waals surface area contributed by atoms with Crippen LogP contribution in [0.2, 0.25) is 0 Å². The standard InChI is InChI=1S/C13H10N6O/c20-6-8-1-2-12-9(3-8)4-10(11-5-14-7-15-11)13-16-17-18-19(12)13/h1-5,7,20H,6H2,(H,14,15). The molecule has 3 aromatic heterocycles. The van der Waals surface area contributed by atoms with Crippen LogP contribution in [0.15, 0.2) is 36.8 Å². The van der Waals surface area contributed by atoms with Crippen LogP contribution in [0, 0.1) is 0 Å².